The third-order valence-electron chi connectivity index (χ3n) is 5.53. The number of hydrogen-bond acceptors (Lipinski definition) is 4. The van der Waals surface area contributed by atoms with Gasteiger partial charge in [-0.3, -0.25) is 0 Å². The minimum absolute atomic E-state index is 0.0814. The van der Waals surface area contributed by atoms with E-state index in [1.165, 1.54) is 23.1 Å². The molecule has 0 aliphatic carbocycles. The highest BCUT2D eigenvalue weighted by atomic mass is 79.9. The van der Waals surface area contributed by atoms with E-state index in [0.717, 1.165) is 0 Å². The average Bonchev–Trinajstić information content (AvgIpc) is 3.24. The smallest absolute Gasteiger partial charge is 0.410 e. The highest BCUT2D eigenvalue weighted by Gasteiger charge is 2.42. The number of amides is 1. The highest BCUT2D eigenvalue weighted by Crippen LogP contribution is 2.48. The maximum absolute atomic E-state index is 14.3. The summed E-state index contributed by atoms with van der Waals surface area (Å²) in [6, 6.07) is 6.13. The molecule has 1 amide bonds. The van der Waals surface area contributed by atoms with Gasteiger partial charge in [0, 0.05) is 30.1 Å². The summed E-state index contributed by atoms with van der Waals surface area (Å²) in [6.45, 7) is 2.21. The number of fused-ring (bicyclic) bond motifs is 3. The molecule has 0 saturated carbocycles. The van der Waals surface area contributed by atoms with Gasteiger partial charge in [-0.15, -0.1) is 0 Å². The van der Waals surface area contributed by atoms with Crippen LogP contribution in [0, 0.1) is 5.82 Å². The second-order valence-corrected chi connectivity index (χ2v) is 10.2. The molecule has 0 saturated heterocycles. The van der Waals surface area contributed by atoms with Gasteiger partial charge in [0.25, 0.3) is 0 Å². The first kappa shape index (κ1) is 24.7. The van der Waals surface area contributed by atoms with Crippen LogP contribution in [0.4, 0.5) is 18.0 Å². The number of rotatable bonds is 4. The first-order valence-corrected chi connectivity index (χ1v) is 11.6. The highest BCUT2D eigenvalue weighted by molar-refractivity contribution is 9.10. The normalized spacial score (nSPS) is 17.8. The number of benzene rings is 2. The summed E-state index contributed by atoms with van der Waals surface area (Å²) in [5.74, 6) is -0.131. The van der Waals surface area contributed by atoms with Crippen molar-refractivity contribution in [2.24, 2.45) is 0 Å². The van der Waals surface area contributed by atoms with Crippen LogP contribution in [-0.2, 0) is 4.74 Å². The monoisotopic (exact) mass is 559 g/mol. The van der Waals surface area contributed by atoms with E-state index >= 15 is 0 Å². The molecule has 2 aromatic carbocycles. The topological polar surface area (TPSA) is 56.6 Å². The number of hydrogen-bond donors (Lipinski definition) is 0. The Balaban J connectivity index is 1.89. The van der Waals surface area contributed by atoms with Gasteiger partial charge in [-0.1, -0.05) is 17.7 Å². The molecular formula is C23H22BrClF3N3O3. The molecule has 0 bridgehead atoms. The van der Waals surface area contributed by atoms with Crippen LogP contribution < -0.4 is 4.74 Å². The van der Waals surface area contributed by atoms with Crippen molar-refractivity contribution in [1.29, 1.82) is 0 Å². The fourth-order valence-electron chi connectivity index (χ4n) is 4.17. The number of halogens is 5. The molecule has 34 heavy (non-hydrogen) atoms. The molecule has 4 rings (SSSR count). The molecule has 11 heteroatoms. The van der Waals surface area contributed by atoms with Crippen molar-refractivity contribution in [2.45, 2.75) is 51.5 Å². The van der Waals surface area contributed by atoms with Gasteiger partial charge < -0.3 is 18.9 Å². The number of aromatic nitrogens is 2. The van der Waals surface area contributed by atoms with Crippen LogP contribution in [0.2, 0.25) is 5.02 Å². The summed E-state index contributed by atoms with van der Waals surface area (Å²) >= 11 is 9.67. The number of imidazole rings is 1. The van der Waals surface area contributed by atoms with Gasteiger partial charge in [0.05, 0.1) is 27.6 Å². The lowest BCUT2D eigenvalue weighted by Gasteiger charge is -2.28. The standard InChI is InChI=1S/C23H22BrClF3N3O3/c1-23(2,3)34-22(32)30(4)17-10-16(19-12(25)6-5-7-18(19)33-21(27)28)31-15-8-11(24)13(26)9-14(15)29-20(17)31/h5-9,16-17,21H,10H2,1-4H3/t16-,17-/m1/s1. The van der Waals surface area contributed by atoms with Crippen LogP contribution in [0.15, 0.2) is 34.8 Å². The van der Waals surface area contributed by atoms with E-state index < -0.39 is 36.2 Å². The Morgan fingerprint density at radius 1 is 1.32 bits per heavy atom. The molecule has 2 atom stereocenters. The molecule has 182 valence electrons. The molecule has 1 aliphatic rings. The zero-order chi connectivity index (χ0) is 24.9. The summed E-state index contributed by atoms with van der Waals surface area (Å²) < 4.78 is 52.9. The quantitative estimate of drug-likeness (QED) is 0.342. The number of carbonyl (C=O) groups is 1. The van der Waals surface area contributed by atoms with Gasteiger partial charge in [0.15, 0.2) is 0 Å². The first-order valence-electron chi connectivity index (χ1n) is 10.4. The lowest BCUT2D eigenvalue weighted by molar-refractivity contribution is -0.0506. The zero-order valence-corrected chi connectivity index (χ0v) is 21.1. The van der Waals surface area contributed by atoms with Crippen LogP contribution in [0.3, 0.4) is 0 Å². The molecule has 1 aliphatic heterocycles. The first-order chi connectivity index (χ1) is 15.9. The predicted octanol–water partition coefficient (Wildman–Crippen LogP) is 7.09. The van der Waals surface area contributed by atoms with E-state index in [-0.39, 0.29) is 21.7 Å². The summed E-state index contributed by atoms with van der Waals surface area (Å²) in [5, 5.41) is 0.220. The Morgan fingerprint density at radius 3 is 2.68 bits per heavy atom. The molecule has 6 nitrogen and oxygen atoms in total. The van der Waals surface area contributed by atoms with Gasteiger partial charge in [0.1, 0.15) is 23.0 Å². The third-order valence-corrected chi connectivity index (χ3v) is 6.46. The zero-order valence-electron chi connectivity index (χ0n) is 18.8. The lowest BCUT2D eigenvalue weighted by atomic mass is 10.0. The molecule has 0 spiro atoms. The van der Waals surface area contributed by atoms with Gasteiger partial charge in [-0.05, 0) is 54.9 Å². The van der Waals surface area contributed by atoms with E-state index in [1.807, 2.05) is 0 Å². The van der Waals surface area contributed by atoms with Gasteiger partial charge in [-0.25, -0.2) is 14.2 Å². The molecule has 0 fully saturated rings. The lowest BCUT2D eigenvalue weighted by Crippen LogP contribution is -2.36. The van der Waals surface area contributed by atoms with Crippen molar-refractivity contribution in [1.82, 2.24) is 14.5 Å². The Bertz CT molecular complexity index is 1260. The maximum atomic E-state index is 14.3. The number of alkyl halides is 2. The molecule has 0 radical (unpaired) electrons. The molecule has 1 aromatic heterocycles. The van der Waals surface area contributed by atoms with Crippen LogP contribution in [-0.4, -0.2) is 39.8 Å². The van der Waals surface area contributed by atoms with Crippen LogP contribution >= 0.6 is 27.5 Å². The number of carbonyl (C=O) groups excluding carboxylic acids is 1. The second kappa shape index (κ2) is 8.96. The van der Waals surface area contributed by atoms with E-state index in [1.54, 1.807) is 44.5 Å². The van der Waals surface area contributed by atoms with Crippen LogP contribution in [0.5, 0.6) is 5.75 Å². The summed E-state index contributed by atoms with van der Waals surface area (Å²) in [5.41, 5.74) is 0.506. The number of nitrogens with zero attached hydrogens (tertiary/aromatic N) is 3. The minimum Gasteiger partial charge on any atom is -0.444 e. The van der Waals surface area contributed by atoms with Crippen molar-refractivity contribution in [2.75, 3.05) is 7.05 Å². The van der Waals surface area contributed by atoms with Crippen LogP contribution in [0.1, 0.15) is 50.7 Å². The van der Waals surface area contributed by atoms with E-state index in [2.05, 4.69) is 20.9 Å². The fourth-order valence-corrected chi connectivity index (χ4v) is 4.80. The largest absolute Gasteiger partial charge is 0.444 e. The van der Waals surface area contributed by atoms with E-state index in [4.69, 9.17) is 21.1 Å². The third kappa shape index (κ3) is 4.57. The second-order valence-electron chi connectivity index (χ2n) is 8.98. The van der Waals surface area contributed by atoms with Crippen molar-refractivity contribution in [3.8, 4) is 5.75 Å². The van der Waals surface area contributed by atoms with Crippen molar-refractivity contribution >= 4 is 44.7 Å². The Morgan fingerprint density at radius 2 is 2.03 bits per heavy atom. The van der Waals surface area contributed by atoms with Crippen molar-refractivity contribution in [3.63, 3.8) is 0 Å². The Labute approximate surface area is 207 Å². The van der Waals surface area contributed by atoms with Crippen molar-refractivity contribution < 1.29 is 27.4 Å². The maximum Gasteiger partial charge on any atom is 0.410 e. The van der Waals surface area contributed by atoms with Gasteiger partial charge in [-0.2, -0.15) is 8.78 Å². The summed E-state index contributed by atoms with van der Waals surface area (Å²) in [6.07, 6.45) is -0.306. The Kier molecular flexibility index (Phi) is 6.50. The minimum atomic E-state index is -3.05. The van der Waals surface area contributed by atoms with E-state index in [0.29, 0.717) is 22.4 Å². The molecule has 3 aromatic rings. The molecule has 2 heterocycles. The summed E-state index contributed by atoms with van der Waals surface area (Å²) in [7, 11) is 1.57. The van der Waals surface area contributed by atoms with Crippen molar-refractivity contribution in [3.05, 3.63) is 57.0 Å². The SMILES string of the molecule is CN(C(=O)OC(C)(C)C)[C@@H]1C[C@H](c2c(Cl)cccc2OC(F)F)n2c1nc1cc(F)c(Br)cc12. The van der Waals surface area contributed by atoms with Crippen LogP contribution in [0.25, 0.3) is 11.0 Å². The van der Waals surface area contributed by atoms with E-state index in [9.17, 15) is 18.0 Å². The van der Waals surface area contributed by atoms with Gasteiger partial charge in [0.2, 0.25) is 0 Å². The number of ether oxygens (including phenoxy) is 2. The molecule has 0 N–H and O–H groups in total. The molecule has 0 unspecified atom stereocenters. The fraction of sp³-hybridized carbons (Fsp3) is 0.391. The Hall–Kier alpha value is -2.46. The predicted molar refractivity (Wildman–Crippen MR) is 125 cm³/mol. The van der Waals surface area contributed by atoms with Gasteiger partial charge >= 0.3 is 12.7 Å². The molecular weight excluding hydrogens is 539 g/mol. The summed E-state index contributed by atoms with van der Waals surface area (Å²) in [4.78, 5) is 18.8. The average molecular weight is 561 g/mol.